The number of sulfone groups is 1. The van der Waals surface area contributed by atoms with Crippen LogP contribution in [0.1, 0.15) is 36.9 Å². The number of hydrogen-bond donors (Lipinski definition) is 0. The Hall–Kier alpha value is -1.76. The van der Waals surface area contributed by atoms with E-state index in [1.165, 1.54) is 0 Å². The molecule has 1 aliphatic heterocycles. The minimum absolute atomic E-state index is 0.0851. The number of halogens is 1. The van der Waals surface area contributed by atoms with E-state index in [1.807, 2.05) is 69.2 Å². The Bertz CT molecular complexity index is 985. The molecule has 7 heteroatoms. The highest BCUT2D eigenvalue weighted by molar-refractivity contribution is 7.91. The topological polar surface area (TPSA) is 62.1 Å². The first-order valence-corrected chi connectivity index (χ1v) is 11.7. The first-order chi connectivity index (χ1) is 13.6. The molecule has 5 nitrogen and oxygen atoms in total. The summed E-state index contributed by atoms with van der Waals surface area (Å²) in [5.74, 6) is -0.0268. The molecule has 0 aromatic heterocycles. The average molecular weight is 434 g/mol. The Labute approximate surface area is 178 Å². The van der Waals surface area contributed by atoms with E-state index in [2.05, 4.69) is 10.2 Å². The van der Waals surface area contributed by atoms with Crippen LogP contribution in [0.4, 0.5) is 0 Å². The van der Waals surface area contributed by atoms with Crippen LogP contribution in [0, 0.1) is 5.41 Å². The van der Waals surface area contributed by atoms with E-state index in [1.54, 1.807) is 12.1 Å². The summed E-state index contributed by atoms with van der Waals surface area (Å²) in [5, 5.41) is 9.32. The fourth-order valence-corrected chi connectivity index (χ4v) is 6.46. The van der Waals surface area contributed by atoms with Gasteiger partial charge in [0.1, 0.15) is 6.04 Å². The molecule has 0 saturated carbocycles. The van der Waals surface area contributed by atoms with Gasteiger partial charge in [-0.1, -0.05) is 55.8 Å². The standard InChI is InChI=1S/C22H28ClN3O2S/c1-22(2,14-26(3)4)15-29(27,28)20-8-6-5-7-18(20)19-13-24-25-21(19)16-9-11-17(23)12-10-16/h5-12,19,21H,13-15H2,1-4H3. The van der Waals surface area contributed by atoms with Crippen LogP contribution in [0.5, 0.6) is 0 Å². The molecule has 1 aliphatic rings. The highest BCUT2D eigenvalue weighted by Crippen LogP contribution is 2.42. The third kappa shape index (κ3) is 5.24. The van der Waals surface area contributed by atoms with Crippen molar-refractivity contribution in [3.63, 3.8) is 0 Å². The number of azo groups is 1. The van der Waals surface area contributed by atoms with Crippen LogP contribution in [-0.2, 0) is 9.84 Å². The second-order valence-electron chi connectivity index (χ2n) is 8.74. The largest absolute Gasteiger partial charge is 0.309 e. The zero-order valence-corrected chi connectivity index (χ0v) is 18.9. The highest BCUT2D eigenvalue weighted by atomic mass is 35.5. The lowest BCUT2D eigenvalue weighted by atomic mass is 9.88. The third-order valence-corrected chi connectivity index (χ3v) is 7.51. The maximum Gasteiger partial charge on any atom is 0.179 e. The fourth-order valence-electron chi connectivity index (χ4n) is 4.19. The van der Waals surface area contributed by atoms with Gasteiger partial charge in [-0.3, -0.25) is 0 Å². The molecule has 0 N–H and O–H groups in total. The summed E-state index contributed by atoms with van der Waals surface area (Å²) in [6.07, 6.45) is 0. The van der Waals surface area contributed by atoms with Crippen molar-refractivity contribution >= 4 is 21.4 Å². The van der Waals surface area contributed by atoms with Gasteiger partial charge in [-0.05, 0) is 48.8 Å². The van der Waals surface area contributed by atoms with Crippen LogP contribution in [0.2, 0.25) is 5.02 Å². The molecule has 2 unspecified atom stereocenters. The van der Waals surface area contributed by atoms with Gasteiger partial charge in [0.25, 0.3) is 0 Å². The van der Waals surface area contributed by atoms with Crippen molar-refractivity contribution in [2.24, 2.45) is 15.6 Å². The molecule has 0 amide bonds. The first kappa shape index (κ1) is 21.9. The van der Waals surface area contributed by atoms with Gasteiger partial charge in [-0.2, -0.15) is 10.2 Å². The minimum Gasteiger partial charge on any atom is -0.309 e. The van der Waals surface area contributed by atoms with E-state index in [-0.39, 0.29) is 23.1 Å². The summed E-state index contributed by atoms with van der Waals surface area (Å²) in [4.78, 5) is 2.41. The Morgan fingerprint density at radius 3 is 2.41 bits per heavy atom. The van der Waals surface area contributed by atoms with Crippen molar-refractivity contribution in [1.29, 1.82) is 0 Å². The van der Waals surface area contributed by atoms with Gasteiger partial charge in [0, 0.05) is 17.5 Å². The number of hydrogen-bond acceptors (Lipinski definition) is 5. The number of rotatable bonds is 7. The van der Waals surface area contributed by atoms with Crippen molar-refractivity contribution < 1.29 is 8.42 Å². The molecule has 2 aromatic carbocycles. The summed E-state index contributed by atoms with van der Waals surface area (Å²) in [7, 11) is 0.443. The Morgan fingerprint density at radius 2 is 1.76 bits per heavy atom. The van der Waals surface area contributed by atoms with Gasteiger partial charge in [-0.25, -0.2) is 8.42 Å². The molecule has 3 rings (SSSR count). The predicted octanol–water partition coefficient (Wildman–Crippen LogP) is 4.99. The first-order valence-electron chi connectivity index (χ1n) is 9.67. The highest BCUT2D eigenvalue weighted by Gasteiger charge is 2.35. The molecule has 0 spiro atoms. The number of nitrogens with zero attached hydrogens (tertiary/aromatic N) is 3. The molecule has 2 aromatic rings. The Morgan fingerprint density at radius 1 is 1.10 bits per heavy atom. The average Bonchev–Trinajstić information content (AvgIpc) is 3.10. The maximum atomic E-state index is 13.4. The van der Waals surface area contributed by atoms with Crippen LogP contribution in [0.3, 0.4) is 0 Å². The van der Waals surface area contributed by atoms with Gasteiger partial charge in [0.2, 0.25) is 0 Å². The zero-order chi connectivity index (χ0) is 21.2. The van der Waals surface area contributed by atoms with E-state index in [0.717, 1.165) is 11.1 Å². The molecule has 0 radical (unpaired) electrons. The quantitative estimate of drug-likeness (QED) is 0.617. The van der Waals surface area contributed by atoms with E-state index in [9.17, 15) is 8.42 Å². The third-order valence-electron chi connectivity index (χ3n) is 5.06. The second-order valence-corrected chi connectivity index (χ2v) is 11.1. The molecule has 29 heavy (non-hydrogen) atoms. The summed E-state index contributed by atoms with van der Waals surface area (Å²) < 4.78 is 26.8. The van der Waals surface area contributed by atoms with Crippen LogP contribution in [-0.4, -0.2) is 46.3 Å². The SMILES string of the molecule is CN(C)CC(C)(C)CS(=O)(=O)c1ccccc1C1CN=NC1c1ccc(Cl)cc1. The van der Waals surface area contributed by atoms with Crippen LogP contribution < -0.4 is 0 Å². The van der Waals surface area contributed by atoms with E-state index >= 15 is 0 Å². The van der Waals surface area contributed by atoms with Crippen molar-refractivity contribution in [3.8, 4) is 0 Å². The lowest BCUT2D eigenvalue weighted by molar-refractivity contribution is 0.265. The van der Waals surface area contributed by atoms with E-state index in [0.29, 0.717) is 23.0 Å². The van der Waals surface area contributed by atoms with Gasteiger partial charge < -0.3 is 4.90 Å². The molecule has 0 bridgehead atoms. The molecule has 0 fully saturated rings. The normalized spacial score (nSPS) is 19.8. The van der Waals surface area contributed by atoms with Crippen LogP contribution in [0.15, 0.2) is 63.7 Å². The zero-order valence-electron chi connectivity index (χ0n) is 17.3. The summed E-state index contributed by atoms with van der Waals surface area (Å²) in [6, 6.07) is 14.6. The Kier molecular flexibility index (Phi) is 6.46. The fraction of sp³-hybridized carbons (Fsp3) is 0.455. The van der Waals surface area contributed by atoms with Crippen molar-refractivity contribution in [2.75, 3.05) is 32.9 Å². The molecule has 0 saturated heterocycles. The van der Waals surface area contributed by atoms with Gasteiger partial charge in [0.15, 0.2) is 9.84 Å². The van der Waals surface area contributed by atoms with Gasteiger partial charge in [0.05, 0.1) is 17.2 Å². The molecular weight excluding hydrogens is 406 g/mol. The molecule has 0 aliphatic carbocycles. The minimum atomic E-state index is -3.48. The summed E-state index contributed by atoms with van der Waals surface area (Å²) >= 11 is 6.02. The van der Waals surface area contributed by atoms with Crippen molar-refractivity contribution in [2.45, 2.75) is 30.7 Å². The van der Waals surface area contributed by atoms with Gasteiger partial charge >= 0.3 is 0 Å². The second kappa shape index (κ2) is 8.54. The van der Waals surface area contributed by atoms with Crippen molar-refractivity contribution in [3.05, 3.63) is 64.7 Å². The van der Waals surface area contributed by atoms with Crippen LogP contribution in [0.25, 0.3) is 0 Å². The molecule has 1 heterocycles. The lowest BCUT2D eigenvalue weighted by Gasteiger charge is -2.29. The lowest BCUT2D eigenvalue weighted by Crippen LogP contribution is -2.35. The molecular formula is C22H28ClN3O2S. The predicted molar refractivity (Wildman–Crippen MR) is 117 cm³/mol. The smallest absolute Gasteiger partial charge is 0.179 e. The summed E-state index contributed by atoms with van der Waals surface area (Å²) in [5.41, 5.74) is 1.41. The monoisotopic (exact) mass is 433 g/mol. The summed E-state index contributed by atoms with van der Waals surface area (Å²) in [6.45, 7) is 5.14. The Balaban J connectivity index is 1.95. The van der Waals surface area contributed by atoms with E-state index < -0.39 is 9.84 Å². The number of benzene rings is 2. The van der Waals surface area contributed by atoms with Crippen molar-refractivity contribution in [1.82, 2.24) is 4.90 Å². The van der Waals surface area contributed by atoms with Gasteiger partial charge in [-0.15, -0.1) is 0 Å². The molecule has 156 valence electrons. The molecule has 2 atom stereocenters. The van der Waals surface area contributed by atoms with Crippen LogP contribution >= 0.6 is 11.6 Å². The van der Waals surface area contributed by atoms with E-state index in [4.69, 9.17) is 11.6 Å². The maximum absolute atomic E-state index is 13.4.